The van der Waals surface area contributed by atoms with Crippen molar-refractivity contribution in [2.75, 3.05) is 20.3 Å². The summed E-state index contributed by atoms with van der Waals surface area (Å²) < 4.78 is 11.6. The summed E-state index contributed by atoms with van der Waals surface area (Å²) in [5, 5.41) is 3.57. The molecule has 1 aromatic carbocycles. The molecule has 20 heavy (non-hydrogen) atoms. The van der Waals surface area contributed by atoms with E-state index in [-0.39, 0.29) is 6.10 Å². The van der Waals surface area contributed by atoms with Gasteiger partial charge in [-0.2, -0.15) is 0 Å². The van der Waals surface area contributed by atoms with Gasteiger partial charge in [0.15, 0.2) is 0 Å². The first-order valence-corrected chi connectivity index (χ1v) is 7.83. The van der Waals surface area contributed by atoms with E-state index in [1.165, 1.54) is 25.7 Å². The van der Waals surface area contributed by atoms with Crippen molar-refractivity contribution in [3.05, 3.63) is 29.8 Å². The summed E-state index contributed by atoms with van der Waals surface area (Å²) in [6.07, 6.45) is 6.27. The fraction of sp³-hybridized carbons (Fsp3) is 0.647. The molecule has 1 aliphatic rings. The van der Waals surface area contributed by atoms with Crippen LogP contribution in [0.25, 0.3) is 0 Å². The molecule has 0 aromatic heterocycles. The van der Waals surface area contributed by atoms with Gasteiger partial charge in [0.25, 0.3) is 0 Å². The first-order valence-electron chi connectivity index (χ1n) is 7.83. The van der Waals surface area contributed by atoms with Crippen LogP contribution in [0.15, 0.2) is 24.3 Å². The van der Waals surface area contributed by atoms with Crippen LogP contribution < -0.4 is 10.1 Å². The zero-order valence-corrected chi connectivity index (χ0v) is 12.7. The Bertz CT molecular complexity index is 390. The molecule has 3 nitrogen and oxygen atoms in total. The Morgan fingerprint density at radius 1 is 1.25 bits per heavy atom. The normalized spacial score (nSPS) is 16.1. The summed E-state index contributed by atoms with van der Waals surface area (Å²) in [6, 6.07) is 8.88. The van der Waals surface area contributed by atoms with Crippen molar-refractivity contribution in [2.45, 2.75) is 51.2 Å². The molecule has 1 fully saturated rings. The van der Waals surface area contributed by atoms with E-state index in [9.17, 15) is 0 Å². The van der Waals surface area contributed by atoms with Gasteiger partial charge in [-0.25, -0.2) is 0 Å². The minimum absolute atomic E-state index is 0.0867. The third-order valence-corrected chi connectivity index (χ3v) is 3.72. The highest BCUT2D eigenvalue weighted by Crippen LogP contribution is 2.28. The van der Waals surface area contributed by atoms with Crippen molar-refractivity contribution in [3.8, 4) is 5.75 Å². The molecule has 112 valence electrons. The van der Waals surface area contributed by atoms with Crippen molar-refractivity contribution >= 4 is 0 Å². The van der Waals surface area contributed by atoms with Gasteiger partial charge >= 0.3 is 0 Å². The summed E-state index contributed by atoms with van der Waals surface area (Å²) in [5.41, 5.74) is 1.15. The molecule has 0 aliphatic heterocycles. The highest BCUT2D eigenvalue weighted by Gasteiger charge is 2.23. The summed E-state index contributed by atoms with van der Waals surface area (Å²) in [5.74, 6) is 0.922. The van der Waals surface area contributed by atoms with E-state index in [1.54, 1.807) is 7.11 Å². The van der Waals surface area contributed by atoms with E-state index in [1.807, 2.05) is 12.1 Å². The summed E-state index contributed by atoms with van der Waals surface area (Å²) in [7, 11) is 1.72. The van der Waals surface area contributed by atoms with Gasteiger partial charge in [-0.15, -0.1) is 0 Å². The Balaban J connectivity index is 1.95. The van der Waals surface area contributed by atoms with Crippen LogP contribution in [0.5, 0.6) is 5.75 Å². The van der Waals surface area contributed by atoms with E-state index >= 15 is 0 Å². The summed E-state index contributed by atoms with van der Waals surface area (Å²) in [4.78, 5) is 0. The van der Waals surface area contributed by atoms with Crippen LogP contribution >= 0.6 is 0 Å². The smallest absolute Gasteiger partial charge is 0.124 e. The lowest BCUT2D eigenvalue weighted by Gasteiger charge is -2.21. The number of benzene rings is 1. The Labute approximate surface area is 122 Å². The third-order valence-electron chi connectivity index (χ3n) is 3.72. The van der Waals surface area contributed by atoms with E-state index in [4.69, 9.17) is 9.47 Å². The Kier molecular flexibility index (Phi) is 6.34. The molecule has 0 spiro atoms. The highest BCUT2D eigenvalue weighted by atomic mass is 16.5. The summed E-state index contributed by atoms with van der Waals surface area (Å²) >= 11 is 0. The fourth-order valence-corrected chi connectivity index (χ4v) is 2.33. The number of unbranched alkanes of at least 4 members (excludes halogenated alkanes) is 2. The van der Waals surface area contributed by atoms with Crippen LogP contribution in [-0.2, 0) is 4.74 Å². The summed E-state index contributed by atoms with van der Waals surface area (Å²) in [6.45, 7) is 3.91. The van der Waals surface area contributed by atoms with Crippen LogP contribution in [0.2, 0.25) is 0 Å². The van der Waals surface area contributed by atoms with Crippen LogP contribution in [0.3, 0.4) is 0 Å². The molecule has 0 heterocycles. The molecule has 3 heteroatoms. The van der Waals surface area contributed by atoms with Crippen LogP contribution in [0.4, 0.5) is 0 Å². The van der Waals surface area contributed by atoms with E-state index in [0.717, 1.165) is 30.9 Å². The molecule has 1 unspecified atom stereocenters. The second kappa shape index (κ2) is 8.28. The number of methoxy groups -OCH3 is 1. The average molecular weight is 277 g/mol. The van der Waals surface area contributed by atoms with Crippen molar-refractivity contribution < 1.29 is 9.47 Å². The van der Waals surface area contributed by atoms with Gasteiger partial charge in [-0.3, -0.25) is 0 Å². The van der Waals surface area contributed by atoms with Crippen molar-refractivity contribution in [3.63, 3.8) is 0 Å². The zero-order valence-electron chi connectivity index (χ0n) is 12.7. The standard InChI is InChI=1S/C17H27NO2/c1-3-4-7-12-20-17(13-18-14-10-11-14)15-8-5-6-9-16(15)19-2/h5-6,8-9,14,17-18H,3-4,7,10-13H2,1-2H3. The second-order valence-electron chi connectivity index (χ2n) is 5.49. The Morgan fingerprint density at radius 3 is 2.75 bits per heavy atom. The topological polar surface area (TPSA) is 30.5 Å². The maximum atomic E-state index is 6.11. The van der Waals surface area contributed by atoms with Gasteiger partial charge in [0, 0.05) is 24.8 Å². The average Bonchev–Trinajstić information content (AvgIpc) is 3.31. The molecule has 1 N–H and O–H groups in total. The number of ether oxygens (including phenoxy) is 2. The van der Waals surface area contributed by atoms with E-state index in [0.29, 0.717) is 6.04 Å². The lowest BCUT2D eigenvalue weighted by Crippen LogP contribution is -2.25. The predicted molar refractivity (Wildman–Crippen MR) is 82.2 cm³/mol. The van der Waals surface area contributed by atoms with Crippen LogP contribution in [0, 0.1) is 0 Å². The van der Waals surface area contributed by atoms with Gasteiger partial charge in [0.1, 0.15) is 5.75 Å². The Morgan fingerprint density at radius 2 is 2.05 bits per heavy atom. The molecular weight excluding hydrogens is 250 g/mol. The maximum absolute atomic E-state index is 6.11. The van der Waals surface area contributed by atoms with Crippen LogP contribution in [-0.4, -0.2) is 26.3 Å². The molecule has 0 saturated heterocycles. The van der Waals surface area contributed by atoms with Gasteiger partial charge < -0.3 is 14.8 Å². The molecule has 1 saturated carbocycles. The van der Waals surface area contributed by atoms with Gasteiger partial charge in [-0.05, 0) is 25.3 Å². The van der Waals surface area contributed by atoms with Crippen molar-refractivity contribution in [1.82, 2.24) is 5.32 Å². The second-order valence-corrected chi connectivity index (χ2v) is 5.49. The highest BCUT2D eigenvalue weighted by molar-refractivity contribution is 5.35. The van der Waals surface area contributed by atoms with Gasteiger partial charge in [0.05, 0.1) is 13.2 Å². The lowest BCUT2D eigenvalue weighted by atomic mass is 10.1. The third kappa shape index (κ3) is 4.80. The number of para-hydroxylation sites is 1. The molecule has 0 amide bonds. The lowest BCUT2D eigenvalue weighted by molar-refractivity contribution is 0.0481. The molecule has 0 radical (unpaired) electrons. The molecular formula is C17H27NO2. The Hall–Kier alpha value is -1.06. The van der Waals surface area contributed by atoms with E-state index < -0.39 is 0 Å². The minimum Gasteiger partial charge on any atom is -0.496 e. The molecule has 1 aromatic rings. The molecule has 1 aliphatic carbocycles. The van der Waals surface area contributed by atoms with E-state index in [2.05, 4.69) is 24.4 Å². The van der Waals surface area contributed by atoms with Crippen LogP contribution in [0.1, 0.15) is 50.7 Å². The largest absolute Gasteiger partial charge is 0.496 e. The predicted octanol–water partition coefficient (Wildman–Crippen LogP) is 3.70. The first-order chi connectivity index (χ1) is 9.85. The number of hydrogen-bond donors (Lipinski definition) is 1. The van der Waals surface area contributed by atoms with Gasteiger partial charge in [0.2, 0.25) is 0 Å². The number of rotatable bonds is 10. The van der Waals surface area contributed by atoms with Crippen molar-refractivity contribution in [1.29, 1.82) is 0 Å². The minimum atomic E-state index is 0.0867. The maximum Gasteiger partial charge on any atom is 0.124 e. The zero-order chi connectivity index (χ0) is 14.2. The SMILES string of the molecule is CCCCCOC(CNC1CC1)c1ccccc1OC. The molecule has 1 atom stereocenters. The van der Waals surface area contributed by atoms with Gasteiger partial charge in [-0.1, -0.05) is 38.0 Å². The number of hydrogen-bond acceptors (Lipinski definition) is 3. The number of nitrogens with one attached hydrogen (secondary N) is 1. The molecule has 0 bridgehead atoms. The molecule has 2 rings (SSSR count). The quantitative estimate of drug-likeness (QED) is 0.662. The monoisotopic (exact) mass is 277 g/mol. The first kappa shape index (κ1) is 15.3. The van der Waals surface area contributed by atoms with Crippen molar-refractivity contribution in [2.24, 2.45) is 0 Å². The fourth-order valence-electron chi connectivity index (χ4n) is 2.33.